The quantitative estimate of drug-likeness (QED) is 0.925. The van der Waals surface area contributed by atoms with Crippen LogP contribution in [0.15, 0.2) is 18.2 Å². The summed E-state index contributed by atoms with van der Waals surface area (Å²) in [6.07, 6.45) is 3.30. The Kier molecular flexibility index (Phi) is 5.38. The van der Waals surface area contributed by atoms with Crippen LogP contribution in [0.2, 0.25) is 5.02 Å². The van der Waals surface area contributed by atoms with Crippen molar-refractivity contribution >= 4 is 17.5 Å². The minimum Gasteiger partial charge on any atom is -0.378 e. The SMILES string of the molecule is C[C@@H]1C[C@@H](CCNC(=O)c2ccc(F)cc2Cl)CCO1. The monoisotopic (exact) mass is 299 g/mol. The molecule has 1 aliphatic rings. The number of carbonyl (C=O) groups is 1. The van der Waals surface area contributed by atoms with Crippen molar-refractivity contribution in [2.45, 2.75) is 32.3 Å². The van der Waals surface area contributed by atoms with Crippen LogP contribution >= 0.6 is 11.6 Å². The predicted molar refractivity (Wildman–Crippen MR) is 76.5 cm³/mol. The van der Waals surface area contributed by atoms with Crippen LogP contribution < -0.4 is 5.32 Å². The lowest BCUT2D eigenvalue weighted by atomic mass is 9.93. The van der Waals surface area contributed by atoms with E-state index >= 15 is 0 Å². The lowest BCUT2D eigenvalue weighted by molar-refractivity contribution is 0.00109. The number of benzene rings is 1. The lowest BCUT2D eigenvalue weighted by Crippen LogP contribution is -2.29. The Balaban J connectivity index is 1.80. The van der Waals surface area contributed by atoms with Crippen molar-refractivity contribution in [3.05, 3.63) is 34.6 Å². The highest BCUT2D eigenvalue weighted by molar-refractivity contribution is 6.33. The third-order valence-electron chi connectivity index (χ3n) is 3.61. The molecule has 5 heteroatoms. The Morgan fingerprint density at radius 3 is 3.05 bits per heavy atom. The van der Waals surface area contributed by atoms with E-state index in [9.17, 15) is 9.18 Å². The minimum atomic E-state index is -0.442. The number of ether oxygens (including phenoxy) is 1. The standard InChI is InChI=1S/C15H19ClFNO2/c1-10-8-11(5-7-20-10)4-6-18-15(19)13-3-2-12(17)9-14(13)16/h2-3,9-11H,4-8H2,1H3,(H,18,19)/t10-,11+/m1/s1. The summed E-state index contributed by atoms with van der Waals surface area (Å²) in [5.41, 5.74) is 0.313. The number of halogens is 2. The average molecular weight is 300 g/mol. The van der Waals surface area contributed by atoms with Crippen molar-refractivity contribution in [1.82, 2.24) is 5.32 Å². The fraction of sp³-hybridized carbons (Fsp3) is 0.533. The summed E-state index contributed by atoms with van der Waals surface area (Å²) < 4.78 is 18.4. The lowest BCUT2D eigenvalue weighted by Gasteiger charge is -2.27. The molecule has 1 amide bonds. The van der Waals surface area contributed by atoms with Gasteiger partial charge < -0.3 is 10.1 Å². The van der Waals surface area contributed by atoms with Gasteiger partial charge in [0.15, 0.2) is 0 Å². The number of nitrogens with one attached hydrogen (secondary N) is 1. The van der Waals surface area contributed by atoms with Crippen LogP contribution in [0, 0.1) is 11.7 Å². The van der Waals surface area contributed by atoms with Gasteiger partial charge in [0.2, 0.25) is 0 Å². The van der Waals surface area contributed by atoms with E-state index in [0.717, 1.165) is 31.9 Å². The van der Waals surface area contributed by atoms with Gasteiger partial charge >= 0.3 is 0 Å². The number of carbonyl (C=O) groups excluding carboxylic acids is 1. The second kappa shape index (κ2) is 7.04. The summed E-state index contributed by atoms with van der Waals surface area (Å²) in [6.45, 7) is 3.47. The molecular weight excluding hydrogens is 281 g/mol. The van der Waals surface area contributed by atoms with Crippen LogP contribution in [0.3, 0.4) is 0 Å². The van der Waals surface area contributed by atoms with Crippen LogP contribution in [0.5, 0.6) is 0 Å². The minimum absolute atomic E-state index is 0.141. The van der Waals surface area contributed by atoms with Crippen LogP contribution in [0.1, 0.15) is 36.5 Å². The van der Waals surface area contributed by atoms with Crippen molar-refractivity contribution in [3.8, 4) is 0 Å². The number of rotatable bonds is 4. The molecule has 3 nitrogen and oxygen atoms in total. The van der Waals surface area contributed by atoms with Crippen LogP contribution in [-0.2, 0) is 4.74 Å². The zero-order valence-corrected chi connectivity index (χ0v) is 12.3. The molecule has 1 fully saturated rings. The molecule has 20 heavy (non-hydrogen) atoms. The highest BCUT2D eigenvalue weighted by Gasteiger charge is 2.19. The maximum absolute atomic E-state index is 12.9. The largest absolute Gasteiger partial charge is 0.378 e. The summed E-state index contributed by atoms with van der Waals surface area (Å²) in [4.78, 5) is 11.9. The summed E-state index contributed by atoms with van der Waals surface area (Å²) in [5, 5.41) is 2.98. The van der Waals surface area contributed by atoms with Gasteiger partial charge in [-0.15, -0.1) is 0 Å². The van der Waals surface area contributed by atoms with E-state index < -0.39 is 5.82 Å². The molecule has 0 spiro atoms. The van der Waals surface area contributed by atoms with E-state index in [1.807, 2.05) is 0 Å². The van der Waals surface area contributed by atoms with Crippen molar-refractivity contribution in [1.29, 1.82) is 0 Å². The van der Waals surface area contributed by atoms with Gasteiger partial charge in [0.05, 0.1) is 16.7 Å². The zero-order valence-electron chi connectivity index (χ0n) is 11.5. The molecular formula is C15H19ClFNO2. The van der Waals surface area contributed by atoms with Gasteiger partial charge in [-0.25, -0.2) is 4.39 Å². The molecule has 0 unspecified atom stereocenters. The number of hydrogen-bond acceptors (Lipinski definition) is 2. The fourth-order valence-corrected chi connectivity index (χ4v) is 2.77. The van der Waals surface area contributed by atoms with E-state index in [0.29, 0.717) is 24.1 Å². The highest BCUT2D eigenvalue weighted by Crippen LogP contribution is 2.22. The van der Waals surface area contributed by atoms with Crippen LogP contribution in [0.4, 0.5) is 4.39 Å². The molecule has 2 rings (SSSR count). The molecule has 0 saturated carbocycles. The second-order valence-electron chi connectivity index (χ2n) is 5.24. The summed E-state index contributed by atoms with van der Waals surface area (Å²) in [7, 11) is 0. The van der Waals surface area contributed by atoms with E-state index in [1.165, 1.54) is 12.1 Å². The molecule has 1 saturated heterocycles. The van der Waals surface area contributed by atoms with Gasteiger partial charge in [-0.2, -0.15) is 0 Å². The molecule has 1 aromatic carbocycles. The maximum Gasteiger partial charge on any atom is 0.252 e. The van der Waals surface area contributed by atoms with Crippen molar-refractivity contribution in [2.24, 2.45) is 5.92 Å². The Labute approximate surface area is 123 Å². The van der Waals surface area contributed by atoms with Crippen molar-refractivity contribution in [2.75, 3.05) is 13.2 Å². The van der Waals surface area contributed by atoms with Gasteiger partial charge in [-0.05, 0) is 50.3 Å². The Bertz CT molecular complexity index is 481. The number of hydrogen-bond donors (Lipinski definition) is 1. The highest BCUT2D eigenvalue weighted by atomic mass is 35.5. The van der Waals surface area contributed by atoms with Crippen molar-refractivity contribution in [3.63, 3.8) is 0 Å². The molecule has 2 atom stereocenters. The Morgan fingerprint density at radius 2 is 2.35 bits per heavy atom. The first-order valence-electron chi connectivity index (χ1n) is 6.91. The molecule has 0 aromatic heterocycles. The third-order valence-corrected chi connectivity index (χ3v) is 3.92. The normalized spacial score (nSPS) is 22.6. The topological polar surface area (TPSA) is 38.3 Å². The van der Waals surface area contributed by atoms with Gasteiger partial charge in [0.25, 0.3) is 5.91 Å². The van der Waals surface area contributed by atoms with E-state index in [1.54, 1.807) is 0 Å². The van der Waals surface area contributed by atoms with E-state index in [2.05, 4.69) is 12.2 Å². The zero-order chi connectivity index (χ0) is 14.5. The molecule has 0 aliphatic carbocycles. The summed E-state index contributed by atoms with van der Waals surface area (Å²) in [5.74, 6) is -0.111. The first kappa shape index (κ1) is 15.3. The molecule has 1 heterocycles. The van der Waals surface area contributed by atoms with Gasteiger partial charge in [0.1, 0.15) is 5.82 Å². The molecule has 1 aliphatic heterocycles. The molecule has 0 radical (unpaired) electrons. The van der Waals surface area contributed by atoms with E-state index in [4.69, 9.17) is 16.3 Å². The Hall–Kier alpha value is -1.13. The maximum atomic E-state index is 12.9. The molecule has 1 aromatic rings. The number of amides is 1. The van der Waals surface area contributed by atoms with Gasteiger partial charge in [-0.1, -0.05) is 11.6 Å². The summed E-state index contributed by atoms with van der Waals surface area (Å²) >= 11 is 5.85. The molecule has 0 bridgehead atoms. The van der Waals surface area contributed by atoms with Crippen LogP contribution in [-0.4, -0.2) is 25.2 Å². The fourth-order valence-electron chi connectivity index (χ4n) is 2.51. The molecule has 1 N–H and O–H groups in total. The third kappa shape index (κ3) is 4.18. The summed E-state index contributed by atoms with van der Waals surface area (Å²) in [6, 6.07) is 3.79. The van der Waals surface area contributed by atoms with Gasteiger partial charge in [-0.3, -0.25) is 4.79 Å². The predicted octanol–water partition coefficient (Wildman–Crippen LogP) is 3.41. The molecule has 110 valence electrons. The second-order valence-corrected chi connectivity index (χ2v) is 5.65. The average Bonchev–Trinajstić information content (AvgIpc) is 2.38. The first-order chi connectivity index (χ1) is 9.56. The first-order valence-corrected chi connectivity index (χ1v) is 7.29. The Morgan fingerprint density at radius 1 is 1.55 bits per heavy atom. The van der Waals surface area contributed by atoms with Crippen LogP contribution in [0.25, 0.3) is 0 Å². The van der Waals surface area contributed by atoms with E-state index in [-0.39, 0.29) is 10.9 Å². The van der Waals surface area contributed by atoms with Gasteiger partial charge in [0, 0.05) is 13.2 Å². The smallest absolute Gasteiger partial charge is 0.252 e. The van der Waals surface area contributed by atoms with Crippen molar-refractivity contribution < 1.29 is 13.9 Å².